The molecule has 0 aliphatic carbocycles. The number of unbranched alkanes of at least 4 members (excludes halogenated alkanes) is 2. The van der Waals surface area contributed by atoms with Gasteiger partial charge >= 0.3 is 11.9 Å². The number of carbonyl (C=O) groups is 2. The fourth-order valence-electron chi connectivity index (χ4n) is 1.01. The minimum atomic E-state index is -0.963. The van der Waals surface area contributed by atoms with Crippen LogP contribution in [0.4, 0.5) is 0 Å². The number of aliphatic carboxylic acids is 1. The van der Waals surface area contributed by atoms with Crippen molar-refractivity contribution in [3.8, 4) is 0 Å². The van der Waals surface area contributed by atoms with E-state index in [0.717, 1.165) is 19.3 Å². The first kappa shape index (κ1) is 18.3. The van der Waals surface area contributed by atoms with E-state index in [1.807, 2.05) is 6.92 Å². The Morgan fingerprint density at radius 3 is 2.12 bits per heavy atom. The molecule has 5 nitrogen and oxygen atoms in total. The SMILES string of the molecule is CC(O)CC(=O)O.CCCCCC(=O)OCC. The van der Waals surface area contributed by atoms with Crippen molar-refractivity contribution in [3.05, 3.63) is 0 Å². The molecule has 0 aromatic carbocycles. The average Bonchev–Trinajstić information content (AvgIpc) is 2.17. The summed E-state index contributed by atoms with van der Waals surface area (Å²) in [6, 6.07) is 0. The van der Waals surface area contributed by atoms with E-state index < -0.39 is 12.1 Å². The number of carbonyl (C=O) groups excluding carboxylic acids is 1. The van der Waals surface area contributed by atoms with Crippen molar-refractivity contribution in [1.29, 1.82) is 0 Å². The molecule has 17 heavy (non-hydrogen) atoms. The van der Waals surface area contributed by atoms with Crippen LogP contribution in [0.2, 0.25) is 0 Å². The second kappa shape index (κ2) is 13.0. The summed E-state index contributed by atoms with van der Waals surface area (Å²) >= 11 is 0. The van der Waals surface area contributed by atoms with E-state index in [-0.39, 0.29) is 12.4 Å². The molecular weight excluding hydrogens is 224 g/mol. The first-order valence-electron chi connectivity index (χ1n) is 5.99. The molecule has 0 heterocycles. The van der Waals surface area contributed by atoms with E-state index in [9.17, 15) is 9.59 Å². The van der Waals surface area contributed by atoms with Gasteiger partial charge in [-0.2, -0.15) is 0 Å². The van der Waals surface area contributed by atoms with E-state index >= 15 is 0 Å². The summed E-state index contributed by atoms with van der Waals surface area (Å²) in [5, 5.41) is 16.3. The fraction of sp³-hybridized carbons (Fsp3) is 0.833. The van der Waals surface area contributed by atoms with Gasteiger partial charge in [-0.15, -0.1) is 0 Å². The maximum absolute atomic E-state index is 10.7. The van der Waals surface area contributed by atoms with Crippen molar-refractivity contribution >= 4 is 11.9 Å². The first-order chi connectivity index (χ1) is 7.93. The summed E-state index contributed by atoms with van der Waals surface area (Å²) in [5.74, 6) is -1.02. The number of carboxylic acid groups (broad SMARTS) is 1. The van der Waals surface area contributed by atoms with Gasteiger partial charge in [0.2, 0.25) is 0 Å². The molecule has 2 N–H and O–H groups in total. The molecule has 0 aromatic heterocycles. The summed E-state index contributed by atoms with van der Waals surface area (Å²) in [4.78, 5) is 20.3. The van der Waals surface area contributed by atoms with Gasteiger partial charge in [0.15, 0.2) is 0 Å². The Morgan fingerprint density at radius 1 is 1.24 bits per heavy atom. The number of aliphatic hydroxyl groups is 1. The van der Waals surface area contributed by atoms with E-state index in [2.05, 4.69) is 6.92 Å². The van der Waals surface area contributed by atoms with E-state index in [0.29, 0.717) is 13.0 Å². The van der Waals surface area contributed by atoms with Gasteiger partial charge in [0.25, 0.3) is 0 Å². The lowest BCUT2D eigenvalue weighted by molar-refractivity contribution is -0.143. The molecule has 0 bridgehead atoms. The van der Waals surface area contributed by atoms with Gasteiger partial charge in [-0.1, -0.05) is 19.8 Å². The number of ether oxygens (including phenoxy) is 1. The number of hydrogen-bond donors (Lipinski definition) is 2. The molecule has 0 aliphatic heterocycles. The Kier molecular flexibility index (Phi) is 13.9. The van der Waals surface area contributed by atoms with Crippen LogP contribution >= 0.6 is 0 Å². The zero-order valence-electron chi connectivity index (χ0n) is 10.9. The van der Waals surface area contributed by atoms with Gasteiger partial charge in [0.05, 0.1) is 19.1 Å². The summed E-state index contributed by atoms with van der Waals surface area (Å²) in [6.45, 7) is 5.89. The van der Waals surface area contributed by atoms with Gasteiger partial charge in [-0.25, -0.2) is 0 Å². The van der Waals surface area contributed by atoms with Crippen LogP contribution in [0.5, 0.6) is 0 Å². The Labute approximate surface area is 103 Å². The molecule has 5 heteroatoms. The standard InChI is InChI=1S/C8H16O2.C4H8O3/c1-3-5-6-7-8(9)10-4-2;1-3(5)2-4(6)7/h3-7H2,1-2H3;3,5H,2H2,1H3,(H,6,7). The van der Waals surface area contributed by atoms with Gasteiger partial charge in [-0.3, -0.25) is 9.59 Å². The maximum atomic E-state index is 10.7. The topological polar surface area (TPSA) is 83.8 Å². The van der Waals surface area contributed by atoms with E-state index in [1.54, 1.807) is 0 Å². The minimum Gasteiger partial charge on any atom is -0.481 e. The quantitative estimate of drug-likeness (QED) is 0.531. The van der Waals surface area contributed by atoms with Crippen LogP contribution in [0.15, 0.2) is 0 Å². The van der Waals surface area contributed by atoms with Crippen LogP contribution in [0.1, 0.15) is 52.9 Å². The van der Waals surface area contributed by atoms with Crippen molar-refractivity contribution in [2.45, 2.75) is 59.0 Å². The summed E-state index contributed by atoms with van der Waals surface area (Å²) in [5.41, 5.74) is 0. The van der Waals surface area contributed by atoms with Crippen LogP contribution in [0.3, 0.4) is 0 Å². The monoisotopic (exact) mass is 248 g/mol. The average molecular weight is 248 g/mol. The highest BCUT2D eigenvalue weighted by Gasteiger charge is 2.00. The lowest BCUT2D eigenvalue weighted by atomic mass is 10.2. The number of aliphatic hydroxyl groups excluding tert-OH is 1. The molecule has 1 atom stereocenters. The Balaban J connectivity index is 0. The zero-order chi connectivity index (χ0) is 13.7. The molecule has 0 spiro atoms. The van der Waals surface area contributed by atoms with Crippen molar-refractivity contribution in [3.63, 3.8) is 0 Å². The fourth-order valence-corrected chi connectivity index (χ4v) is 1.01. The molecule has 1 unspecified atom stereocenters. The Bertz CT molecular complexity index is 201. The predicted octanol–water partition coefficient (Wildman–Crippen LogP) is 1.97. The third kappa shape index (κ3) is 20.9. The highest BCUT2D eigenvalue weighted by molar-refractivity contribution is 5.69. The number of carboxylic acids is 1. The summed E-state index contributed by atoms with van der Waals surface area (Å²) < 4.78 is 4.75. The third-order valence-electron chi connectivity index (χ3n) is 1.76. The van der Waals surface area contributed by atoms with Crippen molar-refractivity contribution in [2.24, 2.45) is 0 Å². The lowest BCUT2D eigenvalue weighted by Crippen LogP contribution is -2.07. The molecule has 0 saturated carbocycles. The highest BCUT2D eigenvalue weighted by atomic mass is 16.5. The van der Waals surface area contributed by atoms with Gasteiger partial charge in [0, 0.05) is 6.42 Å². The predicted molar refractivity (Wildman–Crippen MR) is 64.7 cm³/mol. The molecule has 0 amide bonds. The van der Waals surface area contributed by atoms with E-state index in [1.165, 1.54) is 6.92 Å². The molecule has 0 saturated heterocycles. The lowest BCUT2D eigenvalue weighted by Gasteiger charge is -1.99. The van der Waals surface area contributed by atoms with Crippen molar-refractivity contribution in [2.75, 3.05) is 6.61 Å². The van der Waals surface area contributed by atoms with Crippen LogP contribution in [0.25, 0.3) is 0 Å². The van der Waals surface area contributed by atoms with Crippen LogP contribution in [-0.2, 0) is 14.3 Å². The highest BCUT2D eigenvalue weighted by Crippen LogP contribution is 1.99. The van der Waals surface area contributed by atoms with Gasteiger partial charge in [0.1, 0.15) is 0 Å². The first-order valence-corrected chi connectivity index (χ1v) is 5.99. The largest absolute Gasteiger partial charge is 0.481 e. The summed E-state index contributed by atoms with van der Waals surface area (Å²) in [7, 11) is 0. The summed E-state index contributed by atoms with van der Waals surface area (Å²) in [6.07, 6.45) is 2.94. The molecule has 0 aliphatic rings. The molecule has 0 rings (SSSR count). The smallest absolute Gasteiger partial charge is 0.305 e. The minimum absolute atomic E-state index is 0.0593. The normalized spacial score (nSPS) is 11.1. The van der Waals surface area contributed by atoms with Crippen molar-refractivity contribution in [1.82, 2.24) is 0 Å². The molecule has 0 fully saturated rings. The molecule has 102 valence electrons. The zero-order valence-corrected chi connectivity index (χ0v) is 10.9. The molecule has 0 aromatic rings. The van der Waals surface area contributed by atoms with Crippen molar-refractivity contribution < 1.29 is 24.5 Å². The number of hydrogen-bond acceptors (Lipinski definition) is 4. The Morgan fingerprint density at radius 2 is 1.82 bits per heavy atom. The second-order valence-electron chi connectivity index (χ2n) is 3.71. The van der Waals surface area contributed by atoms with Gasteiger partial charge in [-0.05, 0) is 20.3 Å². The number of esters is 1. The number of rotatable bonds is 7. The van der Waals surface area contributed by atoms with Crippen LogP contribution in [-0.4, -0.2) is 34.9 Å². The van der Waals surface area contributed by atoms with Gasteiger partial charge < -0.3 is 14.9 Å². The van der Waals surface area contributed by atoms with Crippen LogP contribution < -0.4 is 0 Å². The third-order valence-corrected chi connectivity index (χ3v) is 1.76. The van der Waals surface area contributed by atoms with Crippen LogP contribution in [0, 0.1) is 0 Å². The Hall–Kier alpha value is -1.10. The maximum Gasteiger partial charge on any atom is 0.305 e. The van der Waals surface area contributed by atoms with E-state index in [4.69, 9.17) is 14.9 Å². The molecular formula is C12H24O5. The molecule has 0 radical (unpaired) electrons. The second-order valence-corrected chi connectivity index (χ2v) is 3.71.